The van der Waals surface area contributed by atoms with Gasteiger partial charge in [0.15, 0.2) is 0 Å². The van der Waals surface area contributed by atoms with Crippen LogP contribution < -0.4 is 5.32 Å². The average Bonchev–Trinajstić information content (AvgIpc) is 1.86. The lowest BCUT2D eigenvalue weighted by Crippen LogP contribution is -2.14. The summed E-state index contributed by atoms with van der Waals surface area (Å²) < 4.78 is 0. The third-order valence-electron chi connectivity index (χ3n) is 0.902. The summed E-state index contributed by atoms with van der Waals surface area (Å²) in [7, 11) is 0. The maximum Gasteiger partial charge on any atom is 0.0504 e. The molecule has 36 valence electrons. The Kier molecular flexibility index (Phi) is 1.37. The van der Waals surface area contributed by atoms with Crippen LogP contribution in [0.15, 0.2) is 0 Å². The van der Waals surface area contributed by atoms with Gasteiger partial charge in [-0.05, 0) is 6.92 Å². The molecule has 0 aromatic carbocycles. The van der Waals surface area contributed by atoms with Crippen LogP contribution in [0.1, 0.15) is 6.92 Å². The van der Waals surface area contributed by atoms with Crippen molar-refractivity contribution >= 4 is 11.8 Å². The number of hydrogen-bond donors (Lipinski definition) is 1. The molecule has 0 amide bonds. The Morgan fingerprint density at radius 3 is 2.83 bits per heavy atom. The molecule has 6 heavy (non-hydrogen) atoms. The fourth-order valence-corrected chi connectivity index (χ4v) is 1.38. The molecule has 0 bridgehead atoms. The van der Waals surface area contributed by atoms with Crippen molar-refractivity contribution in [3.8, 4) is 0 Å². The number of nitrogens with one attached hydrogen (secondary N) is 1. The van der Waals surface area contributed by atoms with Crippen LogP contribution in [0.3, 0.4) is 0 Å². The summed E-state index contributed by atoms with van der Waals surface area (Å²) >= 11 is 1.99. The lowest BCUT2D eigenvalue weighted by Gasteiger charge is -1.94. The summed E-state index contributed by atoms with van der Waals surface area (Å²) in [5.74, 6) is 1.29. The minimum Gasteiger partial charge on any atom is -0.305 e. The molecule has 0 radical (unpaired) electrons. The number of thioether (sulfide) groups is 1. The summed E-state index contributed by atoms with van der Waals surface area (Å²) in [4.78, 5) is 0. The van der Waals surface area contributed by atoms with Gasteiger partial charge in [0.05, 0.1) is 5.37 Å². The molecular weight excluding hydrogens is 94.1 g/mol. The molecule has 0 aromatic rings. The topological polar surface area (TPSA) is 12.0 Å². The Morgan fingerprint density at radius 1 is 1.83 bits per heavy atom. The second kappa shape index (κ2) is 1.85. The van der Waals surface area contributed by atoms with E-state index in [0.29, 0.717) is 5.37 Å². The minimum atomic E-state index is 0.713. The maximum atomic E-state index is 3.28. The summed E-state index contributed by atoms with van der Waals surface area (Å²) in [6.07, 6.45) is 0. The fourth-order valence-electron chi connectivity index (χ4n) is 0.557. The molecule has 1 atom stereocenters. The Labute approximate surface area is 42.5 Å². The molecule has 1 saturated heterocycles. The van der Waals surface area contributed by atoms with Crippen LogP contribution in [-0.2, 0) is 0 Å². The van der Waals surface area contributed by atoms with Gasteiger partial charge >= 0.3 is 0 Å². The van der Waals surface area contributed by atoms with Gasteiger partial charge in [0.1, 0.15) is 0 Å². The van der Waals surface area contributed by atoms with E-state index in [1.165, 1.54) is 12.3 Å². The first-order valence-corrected chi connectivity index (χ1v) is 3.29. The molecule has 0 saturated carbocycles. The molecular formula is C4H9NS. The van der Waals surface area contributed by atoms with Crippen LogP contribution in [-0.4, -0.2) is 17.7 Å². The second-order valence-corrected chi connectivity index (χ2v) is 2.92. The van der Waals surface area contributed by atoms with E-state index in [0.717, 1.165) is 0 Å². The number of rotatable bonds is 0. The van der Waals surface area contributed by atoms with Crippen molar-refractivity contribution < 1.29 is 0 Å². The Morgan fingerprint density at radius 2 is 2.67 bits per heavy atom. The van der Waals surface area contributed by atoms with Gasteiger partial charge in [-0.2, -0.15) is 0 Å². The highest BCUT2D eigenvalue weighted by atomic mass is 32.2. The van der Waals surface area contributed by atoms with E-state index in [2.05, 4.69) is 12.2 Å². The first kappa shape index (κ1) is 4.47. The molecule has 1 aliphatic rings. The Hall–Kier alpha value is 0.310. The van der Waals surface area contributed by atoms with E-state index in [-0.39, 0.29) is 0 Å². The van der Waals surface area contributed by atoms with Crippen molar-refractivity contribution in [3.63, 3.8) is 0 Å². The van der Waals surface area contributed by atoms with E-state index >= 15 is 0 Å². The third kappa shape index (κ3) is 0.884. The van der Waals surface area contributed by atoms with E-state index < -0.39 is 0 Å². The minimum absolute atomic E-state index is 0.713. The van der Waals surface area contributed by atoms with Gasteiger partial charge in [-0.1, -0.05) is 0 Å². The zero-order valence-corrected chi connectivity index (χ0v) is 4.72. The van der Waals surface area contributed by atoms with E-state index in [1.807, 2.05) is 11.8 Å². The quantitative estimate of drug-likeness (QED) is 0.483. The first-order chi connectivity index (χ1) is 2.89. The summed E-state index contributed by atoms with van der Waals surface area (Å²) in [5.41, 5.74) is 0. The molecule has 0 aromatic heterocycles. The van der Waals surface area contributed by atoms with Gasteiger partial charge in [0, 0.05) is 12.3 Å². The molecule has 0 spiro atoms. The monoisotopic (exact) mass is 103 g/mol. The van der Waals surface area contributed by atoms with Crippen molar-refractivity contribution in [1.29, 1.82) is 0 Å². The standard InChI is InChI=1S/C4H9NS/c1-4-5-2-3-6-4/h4-5H,2-3H2,1H3/t4-/m1/s1. The van der Waals surface area contributed by atoms with Crippen LogP contribution in [0.25, 0.3) is 0 Å². The van der Waals surface area contributed by atoms with E-state index in [4.69, 9.17) is 0 Å². The van der Waals surface area contributed by atoms with Crippen molar-refractivity contribution in [2.45, 2.75) is 12.3 Å². The zero-order chi connectivity index (χ0) is 4.41. The molecule has 0 aliphatic carbocycles. The van der Waals surface area contributed by atoms with Crippen molar-refractivity contribution in [2.75, 3.05) is 12.3 Å². The summed E-state index contributed by atoms with van der Waals surface area (Å²) in [6, 6.07) is 0. The Bertz CT molecular complexity index is 40.8. The van der Waals surface area contributed by atoms with Crippen LogP contribution >= 0.6 is 11.8 Å². The highest BCUT2D eigenvalue weighted by molar-refractivity contribution is 8.00. The summed E-state index contributed by atoms with van der Waals surface area (Å²) in [6.45, 7) is 3.39. The maximum absolute atomic E-state index is 3.28. The van der Waals surface area contributed by atoms with Gasteiger partial charge in [-0.15, -0.1) is 11.8 Å². The van der Waals surface area contributed by atoms with Crippen LogP contribution in [0.5, 0.6) is 0 Å². The smallest absolute Gasteiger partial charge is 0.0504 e. The van der Waals surface area contributed by atoms with Crippen molar-refractivity contribution in [2.24, 2.45) is 0 Å². The molecule has 1 nitrogen and oxygen atoms in total. The van der Waals surface area contributed by atoms with Gasteiger partial charge in [0.25, 0.3) is 0 Å². The van der Waals surface area contributed by atoms with Crippen molar-refractivity contribution in [1.82, 2.24) is 5.32 Å². The summed E-state index contributed by atoms with van der Waals surface area (Å²) in [5, 5.41) is 4.00. The van der Waals surface area contributed by atoms with Crippen LogP contribution in [0, 0.1) is 0 Å². The average molecular weight is 103 g/mol. The van der Waals surface area contributed by atoms with Crippen LogP contribution in [0.2, 0.25) is 0 Å². The predicted molar refractivity (Wildman–Crippen MR) is 29.9 cm³/mol. The second-order valence-electron chi connectivity index (χ2n) is 1.47. The van der Waals surface area contributed by atoms with Crippen LogP contribution in [0.4, 0.5) is 0 Å². The molecule has 1 rings (SSSR count). The predicted octanol–water partition coefficient (Wildman–Crippen LogP) is 0.669. The zero-order valence-electron chi connectivity index (χ0n) is 3.90. The molecule has 1 N–H and O–H groups in total. The normalized spacial score (nSPS) is 34.5. The molecule has 1 aliphatic heterocycles. The first-order valence-electron chi connectivity index (χ1n) is 2.24. The van der Waals surface area contributed by atoms with Gasteiger partial charge < -0.3 is 5.32 Å². The molecule has 1 fully saturated rings. The highest BCUT2D eigenvalue weighted by Crippen LogP contribution is 2.10. The van der Waals surface area contributed by atoms with Gasteiger partial charge in [-0.25, -0.2) is 0 Å². The lowest BCUT2D eigenvalue weighted by molar-refractivity contribution is 0.761. The Balaban J connectivity index is 2.18. The largest absolute Gasteiger partial charge is 0.305 e. The van der Waals surface area contributed by atoms with Gasteiger partial charge in [0.2, 0.25) is 0 Å². The number of hydrogen-bond acceptors (Lipinski definition) is 2. The highest BCUT2D eigenvalue weighted by Gasteiger charge is 2.05. The lowest BCUT2D eigenvalue weighted by atomic mass is 10.7. The fraction of sp³-hybridized carbons (Fsp3) is 1.00. The van der Waals surface area contributed by atoms with E-state index in [1.54, 1.807) is 0 Å². The van der Waals surface area contributed by atoms with Crippen molar-refractivity contribution in [3.05, 3.63) is 0 Å². The molecule has 0 unspecified atom stereocenters. The third-order valence-corrected chi connectivity index (χ3v) is 2.01. The van der Waals surface area contributed by atoms with E-state index in [9.17, 15) is 0 Å². The SMILES string of the molecule is C[C@@H]1NCCS1. The van der Waals surface area contributed by atoms with Gasteiger partial charge in [-0.3, -0.25) is 0 Å². The molecule has 2 heteroatoms. The molecule has 1 heterocycles.